The topological polar surface area (TPSA) is 122 Å². The van der Waals surface area contributed by atoms with E-state index in [1.807, 2.05) is 4.90 Å². The van der Waals surface area contributed by atoms with Gasteiger partial charge in [-0.1, -0.05) is 0 Å². The van der Waals surface area contributed by atoms with Gasteiger partial charge >= 0.3 is 0 Å². The maximum absolute atomic E-state index is 11.7. The molecule has 2 rings (SSSR count). The predicted molar refractivity (Wildman–Crippen MR) is 73.3 cm³/mol. The SMILES string of the molecule is CNC(=O)C1CCCN(c2cc(NN)nc(N)n2)C1. The van der Waals surface area contributed by atoms with Crippen LogP contribution in [0.4, 0.5) is 17.6 Å². The van der Waals surface area contributed by atoms with Crippen molar-refractivity contribution in [3.8, 4) is 0 Å². The number of nitrogen functional groups attached to an aromatic ring is 2. The molecule has 8 heteroatoms. The summed E-state index contributed by atoms with van der Waals surface area (Å²) in [7, 11) is 1.65. The number of hydrogen-bond donors (Lipinski definition) is 4. The molecule has 1 amide bonds. The summed E-state index contributed by atoms with van der Waals surface area (Å²) in [6.07, 6.45) is 1.83. The van der Waals surface area contributed by atoms with Gasteiger partial charge in [0.05, 0.1) is 5.92 Å². The van der Waals surface area contributed by atoms with Crippen LogP contribution < -0.4 is 27.2 Å². The summed E-state index contributed by atoms with van der Waals surface area (Å²) in [6.45, 7) is 1.47. The van der Waals surface area contributed by atoms with Crippen molar-refractivity contribution in [2.24, 2.45) is 11.8 Å². The highest BCUT2D eigenvalue weighted by atomic mass is 16.1. The van der Waals surface area contributed by atoms with Gasteiger partial charge in [0.15, 0.2) is 0 Å². The predicted octanol–water partition coefficient (Wildman–Crippen LogP) is -0.693. The van der Waals surface area contributed by atoms with Crippen LogP contribution >= 0.6 is 0 Å². The summed E-state index contributed by atoms with van der Waals surface area (Å²) in [5.41, 5.74) is 8.09. The van der Waals surface area contributed by atoms with Gasteiger partial charge < -0.3 is 21.4 Å². The van der Waals surface area contributed by atoms with Crippen LogP contribution in [0, 0.1) is 5.92 Å². The average molecular weight is 265 g/mol. The Bertz CT molecular complexity index is 464. The lowest BCUT2D eigenvalue weighted by Gasteiger charge is -2.32. The lowest BCUT2D eigenvalue weighted by molar-refractivity contribution is -0.124. The van der Waals surface area contributed by atoms with E-state index >= 15 is 0 Å². The smallest absolute Gasteiger partial charge is 0.224 e. The van der Waals surface area contributed by atoms with E-state index in [1.54, 1.807) is 13.1 Å². The van der Waals surface area contributed by atoms with Crippen LogP contribution in [-0.2, 0) is 4.79 Å². The number of carbonyl (C=O) groups is 1. The molecule has 2 heterocycles. The molecule has 1 aliphatic rings. The fourth-order valence-electron chi connectivity index (χ4n) is 2.29. The second-order valence-corrected chi connectivity index (χ2v) is 4.51. The summed E-state index contributed by atoms with van der Waals surface area (Å²) in [5, 5.41) is 2.69. The zero-order valence-electron chi connectivity index (χ0n) is 10.9. The molecule has 1 saturated heterocycles. The molecule has 1 aliphatic heterocycles. The molecule has 104 valence electrons. The van der Waals surface area contributed by atoms with Gasteiger partial charge in [-0.05, 0) is 12.8 Å². The van der Waals surface area contributed by atoms with Gasteiger partial charge in [0.2, 0.25) is 11.9 Å². The van der Waals surface area contributed by atoms with E-state index in [-0.39, 0.29) is 17.8 Å². The number of piperidine rings is 1. The number of anilines is 3. The summed E-state index contributed by atoms with van der Waals surface area (Å²) in [4.78, 5) is 21.9. The van der Waals surface area contributed by atoms with Gasteiger partial charge in [0.25, 0.3) is 0 Å². The number of amides is 1. The maximum Gasteiger partial charge on any atom is 0.224 e. The molecule has 8 nitrogen and oxygen atoms in total. The van der Waals surface area contributed by atoms with Crippen LogP contribution in [0.15, 0.2) is 6.07 Å². The normalized spacial score (nSPS) is 19.1. The number of hydrogen-bond acceptors (Lipinski definition) is 7. The standard InChI is InChI=1S/C11H19N7O/c1-14-10(19)7-3-2-4-18(6-7)9-5-8(17-13)15-11(12)16-9/h5,7H,2-4,6,13H2,1H3,(H,14,19)(H3,12,15,16,17). The van der Waals surface area contributed by atoms with Crippen LogP contribution in [0.5, 0.6) is 0 Å². The molecule has 1 aromatic rings. The lowest BCUT2D eigenvalue weighted by atomic mass is 9.97. The third kappa shape index (κ3) is 3.02. The fourth-order valence-corrected chi connectivity index (χ4v) is 2.29. The van der Waals surface area contributed by atoms with E-state index in [4.69, 9.17) is 11.6 Å². The summed E-state index contributed by atoms with van der Waals surface area (Å²) in [6, 6.07) is 1.72. The quantitative estimate of drug-likeness (QED) is 0.421. The van der Waals surface area contributed by atoms with E-state index in [9.17, 15) is 4.79 Å². The summed E-state index contributed by atoms with van der Waals surface area (Å²) < 4.78 is 0. The third-order valence-corrected chi connectivity index (χ3v) is 3.24. The number of nitrogens with zero attached hydrogens (tertiary/aromatic N) is 3. The van der Waals surface area contributed by atoms with Crippen LogP contribution in [0.1, 0.15) is 12.8 Å². The Kier molecular flexibility index (Phi) is 4.00. The first kappa shape index (κ1) is 13.3. The number of aromatic nitrogens is 2. The first-order valence-electron chi connectivity index (χ1n) is 6.21. The highest BCUT2D eigenvalue weighted by Gasteiger charge is 2.26. The van der Waals surface area contributed by atoms with Gasteiger partial charge in [0, 0.05) is 26.2 Å². The molecule has 19 heavy (non-hydrogen) atoms. The molecule has 0 radical (unpaired) electrons. The molecule has 1 atom stereocenters. The second kappa shape index (κ2) is 5.70. The monoisotopic (exact) mass is 265 g/mol. The molecule has 1 aromatic heterocycles. The van der Waals surface area contributed by atoms with Crippen molar-refractivity contribution in [2.75, 3.05) is 36.2 Å². The van der Waals surface area contributed by atoms with Gasteiger partial charge in [-0.15, -0.1) is 0 Å². The Labute approximate surface area is 111 Å². The Morgan fingerprint density at radius 1 is 1.53 bits per heavy atom. The third-order valence-electron chi connectivity index (χ3n) is 3.24. The van der Waals surface area contributed by atoms with Gasteiger partial charge in [-0.2, -0.15) is 9.97 Å². The Morgan fingerprint density at radius 2 is 2.32 bits per heavy atom. The van der Waals surface area contributed by atoms with Crippen molar-refractivity contribution in [1.29, 1.82) is 0 Å². The summed E-state index contributed by atoms with van der Waals surface area (Å²) in [5.74, 6) is 6.68. The van der Waals surface area contributed by atoms with E-state index in [0.717, 1.165) is 19.4 Å². The van der Waals surface area contributed by atoms with E-state index in [2.05, 4.69) is 20.7 Å². The largest absolute Gasteiger partial charge is 0.368 e. The van der Waals surface area contributed by atoms with Crippen LogP contribution in [-0.4, -0.2) is 36.0 Å². The van der Waals surface area contributed by atoms with Crippen LogP contribution in [0.2, 0.25) is 0 Å². The van der Waals surface area contributed by atoms with E-state index < -0.39 is 0 Å². The Hall–Kier alpha value is -2.09. The van der Waals surface area contributed by atoms with Gasteiger partial charge in [0.1, 0.15) is 11.6 Å². The summed E-state index contributed by atoms with van der Waals surface area (Å²) >= 11 is 0. The Morgan fingerprint density at radius 3 is 3.00 bits per heavy atom. The molecule has 0 aliphatic carbocycles. The molecule has 1 unspecified atom stereocenters. The minimum Gasteiger partial charge on any atom is -0.368 e. The Balaban J connectivity index is 2.17. The fraction of sp³-hybridized carbons (Fsp3) is 0.545. The van der Waals surface area contributed by atoms with Crippen molar-refractivity contribution in [1.82, 2.24) is 15.3 Å². The molecular formula is C11H19N7O. The molecule has 0 saturated carbocycles. The zero-order valence-corrected chi connectivity index (χ0v) is 10.9. The molecular weight excluding hydrogens is 246 g/mol. The minimum atomic E-state index is -0.0239. The van der Waals surface area contributed by atoms with Crippen LogP contribution in [0.25, 0.3) is 0 Å². The molecule has 6 N–H and O–H groups in total. The first-order chi connectivity index (χ1) is 9.13. The van der Waals surface area contributed by atoms with Gasteiger partial charge in [-0.25, -0.2) is 5.84 Å². The number of carbonyl (C=O) groups excluding carboxylic acids is 1. The highest BCUT2D eigenvalue weighted by Crippen LogP contribution is 2.23. The maximum atomic E-state index is 11.7. The van der Waals surface area contributed by atoms with Crippen molar-refractivity contribution in [2.45, 2.75) is 12.8 Å². The van der Waals surface area contributed by atoms with Crippen LogP contribution in [0.3, 0.4) is 0 Å². The number of nitrogens with two attached hydrogens (primary N) is 2. The number of nitrogens with one attached hydrogen (secondary N) is 2. The van der Waals surface area contributed by atoms with Crippen molar-refractivity contribution in [3.05, 3.63) is 6.07 Å². The lowest BCUT2D eigenvalue weighted by Crippen LogP contribution is -2.42. The van der Waals surface area contributed by atoms with Crippen molar-refractivity contribution in [3.63, 3.8) is 0 Å². The second-order valence-electron chi connectivity index (χ2n) is 4.51. The van der Waals surface area contributed by atoms with Crippen molar-refractivity contribution < 1.29 is 4.79 Å². The minimum absolute atomic E-state index is 0.0239. The van der Waals surface area contributed by atoms with Crippen molar-refractivity contribution >= 4 is 23.5 Å². The molecule has 0 spiro atoms. The zero-order chi connectivity index (χ0) is 13.8. The molecule has 1 fully saturated rings. The first-order valence-corrected chi connectivity index (χ1v) is 6.21. The molecule has 0 bridgehead atoms. The van der Waals surface area contributed by atoms with Gasteiger partial charge in [-0.3, -0.25) is 4.79 Å². The highest BCUT2D eigenvalue weighted by molar-refractivity contribution is 5.79. The number of rotatable bonds is 3. The van der Waals surface area contributed by atoms with E-state index in [1.165, 1.54) is 0 Å². The number of hydrazine groups is 1. The van der Waals surface area contributed by atoms with E-state index in [0.29, 0.717) is 18.2 Å². The average Bonchev–Trinajstić information content (AvgIpc) is 2.45. The molecule has 0 aromatic carbocycles.